The maximum atomic E-state index is 5.91. The van der Waals surface area contributed by atoms with Gasteiger partial charge in [-0.15, -0.1) is 0 Å². The van der Waals surface area contributed by atoms with E-state index in [9.17, 15) is 0 Å². The molecule has 1 fully saturated rings. The van der Waals surface area contributed by atoms with Crippen LogP contribution in [0.3, 0.4) is 0 Å². The number of methoxy groups -OCH3 is 2. The van der Waals surface area contributed by atoms with Crippen LogP contribution < -0.4 is 0 Å². The Labute approximate surface area is 98.2 Å². The monoisotopic (exact) mass is 232 g/mol. The first-order chi connectivity index (χ1) is 7.51. The molecule has 0 N–H and O–H groups in total. The minimum atomic E-state index is -0.0800. The van der Waals surface area contributed by atoms with Gasteiger partial charge in [-0.2, -0.15) is 0 Å². The number of rotatable bonds is 4. The Hall–Kier alpha value is -0.160. The van der Waals surface area contributed by atoms with E-state index in [1.165, 1.54) is 0 Å². The molecule has 4 nitrogen and oxygen atoms in total. The normalized spacial score (nSPS) is 40.3. The van der Waals surface area contributed by atoms with Crippen molar-refractivity contribution >= 4 is 0 Å². The zero-order chi connectivity index (χ0) is 12.3. The van der Waals surface area contributed by atoms with E-state index in [1.54, 1.807) is 14.2 Å². The highest BCUT2D eigenvalue weighted by molar-refractivity contribution is 4.92. The van der Waals surface area contributed by atoms with Crippen molar-refractivity contribution < 1.29 is 18.9 Å². The van der Waals surface area contributed by atoms with Gasteiger partial charge in [0.2, 0.25) is 0 Å². The summed E-state index contributed by atoms with van der Waals surface area (Å²) in [6, 6.07) is 0. The first-order valence-electron chi connectivity index (χ1n) is 5.87. The fourth-order valence-corrected chi connectivity index (χ4v) is 2.34. The molecule has 0 aromatic carbocycles. The summed E-state index contributed by atoms with van der Waals surface area (Å²) in [4.78, 5) is 0. The van der Waals surface area contributed by atoms with E-state index in [0.717, 1.165) is 0 Å². The van der Waals surface area contributed by atoms with E-state index in [2.05, 4.69) is 0 Å². The minimum Gasteiger partial charge on any atom is -0.376 e. The summed E-state index contributed by atoms with van der Waals surface area (Å²) in [5.74, 6) is 0. The Morgan fingerprint density at radius 1 is 0.875 bits per heavy atom. The SMILES string of the molecule is COC1C(OC(C)C)[C@@H](OC)C(C)O[C@H]1C. The van der Waals surface area contributed by atoms with E-state index in [0.29, 0.717) is 0 Å². The van der Waals surface area contributed by atoms with Crippen LogP contribution in [-0.2, 0) is 18.9 Å². The summed E-state index contributed by atoms with van der Waals surface area (Å²) in [5.41, 5.74) is 0. The van der Waals surface area contributed by atoms with Crippen LogP contribution in [0.5, 0.6) is 0 Å². The van der Waals surface area contributed by atoms with Gasteiger partial charge < -0.3 is 18.9 Å². The number of hydrogen-bond acceptors (Lipinski definition) is 4. The van der Waals surface area contributed by atoms with Gasteiger partial charge >= 0.3 is 0 Å². The highest BCUT2D eigenvalue weighted by atomic mass is 16.6. The van der Waals surface area contributed by atoms with Crippen molar-refractivity contribution in [1.82, 2.24) is 0 Å². The molecule has 1 aliphatic rings. The fourth-order valence-electron chi connectivity index (χ4n) is 2.34. The van der Waals surface area contributed by atoms with E-state index in [-0.39, 0.29) is 36.6 Å². The van der Waals surface area contributed by atoms with Crippen molar-refractivity contribution in [1.29, 1.82) is 0 Å². The summed E-state index contributed by atoms with van der Waals surface area (Å²) in [7, 11) is 3.37. The molecule has 5 atom stereocenters. The van der Waals surface area contributed by atoms with Crippen LogP contribution in [0.25, 0.3) is 0 Å². The standard InChI is InChI=1S/C12H24O4/c1-7(2)15-12-10(13-5)8(3)16-9(4)11(12)14-6/h7-12H,1-6H3/t8-,9?,10?,11-,12?/m0/s1. The summed E-state index contributed by atoms with van der Waals surface area (Å²) >= 11 is 0. The molecule has 0 aliphatic carbocycles. The molecule has 0 aromatic rings. The third kappa shape index (κ3) is 2.94. The smallest absolute Gasteiger partial charge is 0.115 e. The fraction of sp³-hybridized carbons (Fsp3) is 1.00. The van der Waals surface area contributed by atoms with Gasteiger partial charge in [-0.1, -0.05) is 0 Å². The van der Waals surface area contributed by atoms with Gasteiger partial charge in [0, 0.05) is 14.2 Å². The van der Waals surface area contributed by atoms with Gasteiger partial charge in [-0.05, 0) is 27.7 Å². The molecule has 3 unspecified atom stereocenters. The molecule has 1 heterocycles. The van der Waals surface area contributed by atoms with Crippen LogP contribution in [0.2, 0.25) is 0 Å². The Balaban J connectivity index is 2.81. The second kappa shape index (κ2) is 5.96. The maximum absolute atomic E-state index is 5.91. The first kappa shape index (κ1) is 13.9. The molecule has 96 valence electrons. The lowest BCUT2D eigenvalue weighted by atomic mass is 9.95. The summed E-state index contributed by atoms with van der Waals surface area (Å²) in [6.45, 7) is 8.05. The highest BCUT2D eigenvalue weighted by Gasteiger charge is 2.44. The van der Waals surface area contributed by atoms with E-state index >= 15 is 0 Å². The maximum Gasteiger partial charge on any atom is 0.115 e. The summed E-state index contributed by atoms with van der Waals surface area (Å²) in [5, 5.41) is 0. The topological polar surface area (TPSA) is 36.9 Å². The molecule has 4 heteroatoms. The van der Waals surface area contributed by atoms with Crippen LogP contribution in [-0.4, -0.2) is 50.8 Å². The molecule has 0 aromatic heterocycles. The third-order valence-electron chi connectivity index (χ3n) is 2.98. The lowest BCUT2D eigenvalue weighted by Gasteiger charge is -2.44. The van der Waals surface area contributed by atoms with E-state index < -0.39 is 0 Å². The molecule has 1 aliphatic heterocycles. The molecule has 0 bridgehead atoms. The van der Waals surface area contributed by atoms with Gasteiger partial charge in [0.05, 0.1) is 18.3 Å². The van der Waals surface area contributed by atoms with Crippen molar-refractivity contribution in [2.24, 2.45) is 0 Å². The molecule has 0 amide bonds. The second-order valence-electron chi connectivity index (χ2n) is 4.60. The Morgan fingerprint density at radius 3 is 1.62 bits per heavy atom. The molecule has 1 saturated heterocycles. The van der Waals surface area contributed by atoms with Gasteiger partial charge in [-0.25, -0.2) is 0 Å². The number of ether oxygens (including phenoxy) is 4. The van der Waals surface area contributed by atoms with Crippen molar-refractivity contribution in [3.05, 3.63) is 0 Å². The molecule has 0 spiro atoms. The van der Waals surface area contributed by atoms with Crippen LogP contribution in [0.1, 0.15) is 27.7 Å². The molecule has 1 rings (SSSR count). The highest BCUT2D eigenvalue weighted by Crippen LogP contribution is 2.27. The Morgan fingerprint density at radius 2 is 1.31 bits per heavy atom. The predicted molar refractivity (Wildman–Crippen MR) is 61.6 cm³/mol. The quantitative estimate of drug-likeness (QED) is 0.738. The van der Waals surface area contributed by atoms with Crippen molar-refractivity contribution in [2.75, 3.05) is 14.2 Å². The molecule has 16 heavy (non-hydrogen) atoms. The van der Waals surface area contributed by atoms with Gasteiger partial charge in [0.25, 0.3) is 0 Å². The largest absolute Gasteiger partial charge is 0.376 e. The minimum absolute atomic E-state index is 0.0233. The molecular weight excluding hydrogens is 208 g/mol. The second-order valence-corrected chi connectivity index (χ2v) is 4.60. The molecular formula is C12H24O4. The lowest BCUT2D eigenvalue weighted by Crippen LogP contribution is -2.58. The average molecular weight is 232 g/mol. The van der Waals surface area contributed by atoms with Crippen LogP contribution in [0.15, 0.2) is 0 Å². The molecule has 0 radical (unpaired) electrons. The molecule has 0 saturated carbocycles. The zero-order valence-electron chi connectivity index (χ0n) is 11.1. The van der Waals surface area contributed by atoms with Gasteiger partial charge in [0.15, 0.2) is 0 Å². The van der Waals surface area contributed by atoms with Crippen molar-refractivity contribution in [3.63, 3.8) is 0 Å². The van der Waals surface area contributed by atoms with Gasteiger partial charge in [-0.3, -0.25) is 0 Å². The average Bonchev–Trinajstić information content (AvgIpc) is 2.17. The first-order valence-corrected chi connectivity index (χ1v) is 5.87. The Bertz CT molecular complexity index is 191. The van der Waals surface area contributed by atoms with Crippen LogP contribution >= 0.6 is 0 Å². The van der Waals surface area contributed by atoms with Gasteiger partial charge in [0.1, 0.15) is 18.3 Å². The Kier molecular flexibility index (Phi) is 5.18. The van der Waals surface area contributed by atoms with Crippen molar-refractivity contribution in [2.45, 2.75) is 64.3 Å². The van der Waals surface area contributed by atoms with Crippen LogP contribution in [0, 0.1) is 0 Å². The van der Waals surface area contributed by atoms with E-state index in [1.807, 2.05) is 27.7 Å². The lowest BCUT2D eigenvalue weighted by molar-refractivity contribution is -0.246. The summed E-state index contributed by atoms with van der Waals surface area (Å²) < 4.78 is 22.6. The zero-order valence-corrected chi connectivity index (χ0v) is 11.1. The predicted octanol–water partition coefficient (Wildman–Crippen LogP) is 1.62. The summed E-state index contributed by atoms with van der Waals surface area (Å²) in [6.07, 6.45) is -0.0380. The van der Waals surface area contributed by atoms with Crippen LogP contribution in [0.4, 0.5) is 0 Å². The third-order valence-corrected chi connectivity index (χ3v) is 2.98. The number of hydrogen-bond donors (Lipinski definition) is 0. The van der Waals surface area contributed by atoms with Crippen molar-refractivity contribution in [3.8, 4) is 0 Å². The van der Waals surface area contributed by atoms with E-state index in [4.69, 9.17) is 18.9 Å².